The number of aliphatic imine (C=N–C) groups is 1. The summed E-state index contributed by atoms with van der Waals surface area (Å²) < 4.78 is 7.71. The van der Waals surface area contributed by atoms with Crippen LogP contribution in [-0.2, 0) is 33.7 Å². The molecule has 1 unspecified atom stereocenters. The Morgan fingerprint density at radius 3 is 2.48 bits per heavy atom. The zero-order valence-corrected chi connectivity index (χ0v) is 28.6. The standard InChI is InChI=1S/C39H46N4O5/c1-6-12-31(45)24-27(4)48-32-22-20-30(21-23-32)43-37(8-3)41-36(13-7-2)35(39(43)46)25-28-16-18-29(19-17-28)33-14-10-9-11-15-34(33)38(40-5)42-47-26-44/h9-10,14-23,26-27H,6-8,11-13,24-25H2,1-5H3,(H,40,42). The number of amidine groups is 1. The van der Waals surface area contributed by atoms with Crippen molar-refractivity contribution in [2.45, 2.75) is 85.2 Å². The summed E-state index contributed by atoms with van der Waals surface area (Å²) in [4.78, 5) is 51.2. The number of ketones is 1. The van der Waals surface area contributed by atoms with E-state index in [1.807, 2.05) is 93.6 Å². The Balaban J connectivity index is 1.63. The van der Waals surface area contributed by atoms with Crippen molar-refractivity contribution in [3.05, 3.63) is 117 Å². The molecule has 0 fully saturated rings. The van der Waals surface area contributed by atoms with Crippen LogP contribution >= 0.6 is 0 Å². The quantitative estimate of drug-likeness (QED) is 0.0782. The SMILES string of the molecule is CCCC(=O)CC(C)Oc1ccc(-n2c(CC)nc(CCC)c(Cc3ccc(C4=CC=CCC=C4C(=NC)NOC=O)cc3)c2=O)cc1. The molecule has 9 nitrogen and oxygen atoms in total. The Morgan fingerprint density at radius 1 is 1.08 bits per heavy atom. The summed E-state index contributed by atoms with van der Waals surface area (Å²) in [5.41, 5.74) is 8.47. The molecule has 0 saturated heterocycles. The first kappa shape index (κ1) is 35.8. The van der Waals surface area contributed by atoms with E-state index in [9.17, 15) is 14.4 Å². The normalized spacial score (nSPS) is 13.6. The zero-order valence-electron chi connectivity index (χ0n) is 28.6. The van der Waals surface area contributed by atoms with Crippen molar-refractivity contribution >= 4 is 23.7 Å². The molecule has 2 aromatic carbocycles. The van der Waals surface area contributed by atoms with Crippen molar-refractivity contribution in [3.63, 3.8) is 0 Å². The third kappa shape index (κ3) is 9.06. The highest BCUT2D eigenvalue weighted by atomic mass is 16.7. The fourth-order valence-electron chi connectivity index (χ4n) is 5.83. The van der Waals surface area contributed by atoms with Gasteiger partial charge < -0.3 is 9.57 Å². The van der Waals surface area contributed by atoms with Gasteiger partial charge >= 0.3 is 6.47 Å². The second-order valence-corrected chi connectivity index (χ2v) is 11.7. The van der Waals surface area contributed by atoms with Crippen molar-refractivity contribution in [2.75, 3.05) is 7.05 Å². The maximum atomic E-state index is 14.3. The second kappa shape index (κ2) is 17.8. The number of aromatic nitrogens is 2. The Morgan fingerprint density at radius 2 is 1.83 bits per heavy atom. The van der Waals surface area contributed by atoms with Gasteiger partial charge in [-0.25, -0.2) is 10.5 Å². The van der Waals surface area contributed by atoms with Gasteiger partial charge in [0.15, 0.2) is 5.84 Å². The molecule has 48 heavy (non-hydrogen) atoms. The van der Waals surface area contributed by atoms with Crippen LogP contribution in [0.4, 0.5) is 0 Å². The Hall–Kier alpha value is -5.05. The molecular formula is C39H46N4O5. The van der Waals surface area contributed by atoms with E-state index in [0.717, 1.165) is 46.5 Å². The molecule has 1 N–H and O–H groups in total. The zero-order chi connectivity index (χ0) is 34.5. The molecule has 252 valence electrons. The van der Waals surface area contributed by atoms with Gasteiger partial charge in [0.25, 0.3) is 5.56 Å². The summed E-state index contributed by atoms with van der Waals surface area (Å²) in [5.74, 6) is 2.01. The van der Waals surface area contributed by atoms with Crippen molar-refractivity contribution in [3.8, 4) is 11.4 Å². The summed E-state index contributed by atoms with van der Waals surface area (Å²) in [5, 5.41) is 0. The third-order valence-electron chi connectivity index (χ3n) is 8.09. The van der Waals surface area contributed by atoms with Gasteiger partial charge in [-0.2, -0.15) is 0 Å². The van der Waals surface area contributed by atoms with E-state index >= 15 is 0 Å². The summed E-state index contributed by atoms with van der Waals surface area (Å²) >= 11 is 0. The molecule has 1 aliphatic rings. The molecule has 0 radical (unpaired) electrons. The fourth-order valence-corrected chi connectivity index (χ4v) is 5.83. The van der Waals surface area contributed by atoms with Gasteiger partial charge in [0.05, 0.1) is 11.4 Å². The number of carbonyl (C=O) groups is 2. The number of nitrogens with one attached hydrogen (secondary N) is 1. The van der Waals surface area contributed by atoms with Crippen LogP contribution in [0.3, 0.4) is 0 Å². The summed E-state index contributed by atoms with van der Waals surface area (Å²) in [6.45, 7) is 8.32. The lowest BCUT2D eigenvalue weighted by Gasteiger charge is -2.18. The molecule has 0 saturated carbocycles. The molecule has 0 amide bonds. The second-order valence-electron chi connectivity index (χ2n) is 11.7. The van der Waals surface area contributed by atoms with E-state index in [0.29, 0.717) is 68.0 Å². The molecule has 0 bridgehead atoms. The molecule has 1 aromatic heterocycles. The molecule has 3 aromatic rings. The molecule has 9 heteroatoms. The first-order valence-corrected chi connectivity index (χ1v) is 16.7. The van der Waals surface area contributed by atoms with Crippen LogP contribution in [0.15, 0.2) is 88.2 Å². The van der Waals surface area contributed by atoms with Crippen molar-refractivity contribution in [2.24, 2.45) is 4.99 Å². The van der Waals surface area contributed by atoms with E-state index < -0.39 is 0 Å². The van der Waals surface area contributed by atoms with E-state index in [1.54, 1.807) is 11.6 Å². The highest BCUT2D eigenvalue weighted by Crippen LogP contribution is 2.28. The minimum Gasteiger partial charge on any atom is -0.490 e. The van der Waals surface area contributed by atoms with Crippen LogP contribution in [0.25, 0.3) is 11.3 Å². The molecule has 1 heterocycles. The number of ether oxygens (including phenoxy) is 1. The molecule has 1 atom stereocenters. The molecule has 1 aliphatic carbocycles. The molecule has 4 rings (SSSR count). The number of aryl methyl sites for hydroxylation is 2. The van der Waals surface area contributed by atoms with Crippen LogP contribution < -0.4 is 15.8 Å². The molecular weight excluding hydrogens is 604 g/mol. The Bertz CT molecular complexity index is 1750. The number of hydroxylamine groups is 1. The van der Waals surface area contributed by atoms with Crippen LogP contribution in [0.1, 0.15) is 88.0 Å². The maximum Gasteiger partial charge on any atom is 0.320 e. The van der Waals surface area contributed by atoms with Gasteiger partial charge in [0, 0.05) is 43.9 Å². The molecule has 0 spiro atoms. The van der Waals surface area contributed by atoms with Crippen molar-refractivity contribution in [1.29, 1.82) is 0 Å². The first-order chi connectivity index (χ1) is 23.3. The van der Waals surface area contributed by atoms with Gasteiger partial charge in [-0.05, 0) is 67.2 Å². The van der Waals surface area contributed by atoms with Crippen LogP contribution in [0.5, 0.6) is 5.75 Å². The Labute approximate surface area is 283 Å². The molecule has 0 aliphatic heterocycles. The number of Topliss-reactive ketones (excluding diaryl/α,β-unsaturated/α-hetero) is 1. The maximum absolute atomic E-state index is 14.3. The number of rotatable bonds is 16. The largest absolute Gasteiger partial charge is 0.490 e. The minimum atomic E-state index is -0.232. The summed E-state index contributed by atoms with van der Waals surface area (Å²) in [6, 6.07) is 15.6. The summed E-state index contributed by atoms with van der Waals surface area (Å²) in [6.07, 6.45) is 12.9. The van der Waals surface area contributed by atoms with Crippen LogP contribution in [0.2, 0.25) is 0 Å². The van der Waals surface area contributed by atoms with Gasteiger partial charge in [0.1, 0.15) is 23.5 Å². The van der Waals surface area contributed by atoms with Gasteiger partial charge in [0.2, 0.25) is 0 Å². The van der Waals surface area contributed by atoms with Gasteiger partial charge in [-0.1, -0.05) is 75.8 Å². The predicted octanol–water partition coefficient (Wildman–Crippen LogP) is 6.84. The topological polar surface area (TPSA) is 112 Å². The summed E-state index contributed by atoms with van der Waals surface area (Å²) in [7, 11) is 1.64. The highest BCUT2D eigenvalue weighted by Gasteiger charge is 2.19. The average Bonchev–Trinajstić information content (AvgIpc) is 3.34. The Kier molecular flexibility index (Phi) is 13.2. The van der Waals surface area contributed by atoms with Crippen molar-refractivity contribution in [1.82, 2.24) is 15.0 Å². The lowest BCUT2D eigenvalue weighted by atomic mass is 9.94. The lowest BCUT2D eigenvalue weighted by molar-refractivity contribution is -0.132. The van der Waals surface area contributed by atoms with Crippen LogP contribution in [-0.4, -0.2) is 40.8 Å². The number of hydrogen-bond acceptors (Lipinski definition) is 7. The number of carbonyl (C=O) groups excluding carboxylic acids is 2. The lowest BCUT2D eigenvalue weighted by Crippen LogP contribution is -2.29. The number of benzene rings is 2. The van der Waals surface area contributed by atoms with E-state index in [4.69, 9.17) is 14.6 Å². The predicted molar refractivity (Wildman–Crippen MR) is 191 cm³/mol. The number of nitrogens with zero attached hydrogens (tertiary/aromatic N) is 3. The fraction of sp³-hybridized carbons (Fsp3) is 0.359. The number of allylic oxidation sites excluding steroid dienone is 4. The van der Waals surface area contributed by atoms with E-state index in [2.05, 4.69) is 17.4 Å². The van der Waals surface area contributed by atoms with Crippen LogP contribution in [0, 0.1) is 0 Å². The van der Waals surface area contributed by atoms with Crippen molar-refractivity contribution < 1.29 is 19.2 Å². The average molecular weight is 651 g/mol. The monoisotopic (exact) mass is 650 g/mol. The minimum absolute atomic E-state index is 0.0755. The van der Waals surface area contributed by atoms with Gasteiger partial charge in [-0.15, -0.1) is 0 Å². The number of hydrogen-bond donors (Lipinski definition) is 1. The van der Waals surface area contributed by atoms with Gasteiger partial charge in [-0.3, -0.25) is 23.9 Å². The third-order valence-corrected chi connectivity index (χ3v) is 8.09. The first-order valence-electron chi connectivity index (χ1n) is 16.7. The van der Waals surface area contributed by atoms with E-state index in [1.165, 1.54) is 0 Å². The van der Waals surface area contributed by atoms with E-state index in [-0.39, 0.29) is 17.4 Å². The smallest absolute Gasteiger partial charge is 0.320 e. The highest BCUT2D eigenvalue weighted by molar-refractivity contribution is 6.12.